The molecular formula is C18H16N2O3S. The second kappa shape index (κ2) is 7.14. The van der Waals surface area contributed by atoms with Crippen molar-refractivity contribution in [2.75, 3.05) is 17.2 Å². The second-order valence-electron chi connectivity index (χ2n) is 4.97. The number of hydrogen-bond acceptors (Lipinski definition) is 4. The van der Waals surface area contributed by atoms with Crippen LogP contribution < -0.4 is 10.6 Å². The standard InChI is InChI=1S/C18H16N2O3S/c1-2-22-17(21)16-15(13-10-6-7-11-14(13)23-16)20-18(24)19-12-8-4-3-5-9-12/h3-11H,2H2,1H3,(H2,19,20,24). The molecule has 0 fully saturated rings. The average molecular weight is 340 g/mol. The predicted octanol–water partition coefficient (Wildman–Crippen LogP) is 4.42. The van der Waals surface area contributed by atoms with Crippen LogP contribution in [0.3, 0.4) is 0 Å². The van der Waals surface area contributed by atoms with Crippen LogP contribution in [0.25, 0.3) is 11.0 Å². The van der Waals surface area contributed by atoms with Gasteiger partial charge in [-0.3, -0.25) is 0 Å². The molecule has 1 aromatic heterocycles. The first-order chi connectivity index (χ1) is 11.7. The van der Waals surface area contributed by atoms with Gasteiger partial charge in [-0.25, -0.2) is 4.79 Å². The fraction of sp³-hybridized carbons (Fsp3) is 0.111. The SMILES string of the molecule is CCOC(=O)c1oc2ccccc2c1NC(=S)Nc1ccccc1. The van der Waals surface area contributed by atoms with Crippen molar-refractivity contribution < 1.29 is 13.9 Å². The van der Waals surface area contributed by atoms with Gasteiger partial charge in [0.25, 0.3) is 0 Å². The van der Waals surface area contributed by atoms with Crippen molar-refractivity contribution in [3.63, 3.8) is 0 Å². The van der Waals surface area contributed by atoms with Gasteiger partial charge in [-0.05, 0) is 43.4 Å². The van der Waals surface area contributed by atoms with E-state index in [-0.39, 0.29) is 12.4 Å². The van der Waals surface area contributed by atoms with E-state index >= 15 is 0 Å². The summed E-state index contributed by atoms with van der Waals surface area (Å²) in [6.07, 6.45) is 0. The molecule has 2 N–H and O–H groups in total. The number of nitrogens with one attached hydrogen (secondary N) is 2. The number of thiocarbonyl (C=S) groups is 1. The predicted molar refractivity (Wildman–Crippen MR) is 98.5 cm³/mol. The third-order valence-electron chi connectivity index (χ3n) is 3.33. The minimum atomic E-state index is -0.529. The number of rotatable bonds is 4. The molecule has 0 aliphatic rings. The van der Waals surface area contributed by atoms with Crippen LogP contribution in [0.15, 0.2) is 59.0 Å². The van der Waals surface area contributed by atoms with Gasteiger partial charge in [-0.2, -0.15) is 0 Å². The lowest BCUT2D eigenvalue weighted by atomic mass is 10.2. The zero-order valence-electron chi connectivity index (χ0n) is 13.0. The normalized spacial score (nSPS) is 10.4. The van der Waals surface area contributed by atoms with Gasteiger partial charge in [0.05, 0.1) is 6.61 Å². The van der Waals surface area contributed by atoms with Gasteiger partial charge in [-0.1, -0.05) is 30.3 Å². The minimum absolute atomic E-state index is 0.107. The Bertz CT molecular complexity index is 874. The molecule has 2 aromatic carbocycles. The van der Waals surface area contributed by atoms with Gasteiger partial charge in [0, 0.05) is 11.1 Å². The van der Waals surface area contributed by atoms with Crippen molar-refractivity contribution in [2.24, 2.45) is 0 Å². The third-order valence-corrected chi connectivity index (χ3v) is 3.53. The van der Waals surface area contributed by atoms with Crippen LogP contribution in [0.1, 0.15) is 17.5 Å². The highest BCUT2D eigenvalue weighted by atomic mass is 32.1. The molecule has 0 amide bonds. The number of fused-ring (bicyclic) bond motifs is 1. The summed E-state index contributed by atoms with van der Waals surface area (Å²) in [7, 11) is 0. The summed E-state index contributed by atoms with van der Waals surface area (Å²) >= 11 is 5.34. The first-order valence-corrected chi connectivity index (χ1v) is 7.91. The van der Waals surface area contributed by atoms with Crippen LogP contribution >= 0.6 is 12.2 Å². The van der Waals surface area contributed by atoms with E-state index in [1.165, 1.54) is 0 Å². The van der Waals surface area contributed by atoms with Gasteiger partial charge in [0.2, 0.25) is 5.76 Å². The van der Waals surface area contributed by atoms with Gasteiger partial charge >= 0.3 is 5.97 Å². The molecule has 0 atom stereocenters. The number of anilines is 2. The molecule has 0 aliphatic heterocycles. The van der Waals surface area contributed by atoms with Crippen molar-refractivity contribution in [1.29, 1.82) is 0 Å². The zero-order valence-corrected chi connectivity index (χ0v) is 13.9. The molecule has 0 aliphatic carbocycles. The van der Waals surface area contributed by atoms with Crippen molar-refractivity contribution >= 4 is 45.6 Å². The molecule has 0 saturated heterocycles. The maximum Gasteiger partial charge on any atom is 0.376 e. The minimum Gasteiger partial charge on any atom is -0.460 e. The molecule has 0 spiro atoms. The van der Waals surface area contributed by atoms with Crippen LogP contribution in [-0.2, 0) is 4.74 Å². The maximum atomic E-state index is 12.2. The monoisotopic (exact) mass is 340 g/mol. The molecule has 0 radical (unpaired) electrons. The number of ether oxygens (including phenoxy) is 1. The number of esters is 1. The van der Waals surface area contributed by atoms with Gasteiger partial charge in [0.15, 0.2) is 5.11 Å². The Hall–Kier alpha value is -2.86. The Morgan fingerprint density at radius 2 is 1.79 bits per heavy atom. The van der Waals surface area contributed by atoms with Crippen LogP contribution in [-0.4, -0.2) is 17.7 Å². The summed E-state index contributed by atoms with van der Waals surface area (Å²) in [6.45, 7) is 2.01. The van der Waals surface area contributed by atoms with E-state index in [0.717, 1.165) is 11.1 Å². The quantitative estimate of drug-likeness (QED) is 0.541. The number of benzene rings is 2. The smallest absolute Gasteiger partial charge is 0.376 e. The molecule has 3 rings (SSSR count). The third kappa shape index (κ3) is 3.38. The van der Waals surface area contributed by atoms with Crippen LogP contribution in [0.5, 0.6) is 0 Å². The van der Waals surface area contributed by atoms with Crippen molar-refractivity contribution in [3.8, 4) is 0 Å². The molecule has 0 unspecified atom stereocenters. The van der Waals surface area contributed by atoms with Gasteiger partial charge < -0.3 is 19.8 Å². The number of para-hydroxylation sites is 2. The highest BCUT2D eigenvalue weighted by molar-refractivity contribution is 7.80. The second-order valence-corrected chi connectivity index (χ2v) is 5.38. The average Bonchev–Trinajstić information content (AvgIpc) is 2.95. The Balaban J connectivity index is 1.90. The Kier molecular flexibility index (Phi) is 4.77. The van der Waals surface area contributed by atoms with Crippen molar-refractivity contribution in [1.82, 2.24) is 0 Å². The van der Waals surface area contributed by atoms with Crippen LogP contribution in [0.4, 0.5) is 11.4 Å². The molecule has 1 heterocycles. The van der Waals surface area contributed by atoms with E-state index in [1.807, 2.05) is 48.5 Å². The highest BCUT2D eigenvalue weighted by Gasteiger charge is 2.22. The fourth-order valence-corrected chi connectivity index (χ4v) is 2.53. The number of furan rings is 1. The van der Waals surface area contributed by atoms with Crippen LogP contribution in [0, 0.1) is 0 Å². The van der Waals surface area contributed by atoms with E-state index in [0.29, 0.717) is 16.4 Å². The summed E-state index contributed by atoms with van der Waals surface area (Å²) in [5, 5.41) is 7.24. The van der Waals surface area contributed by atoms with E-state index in [9.17, 15) is 4.79 Å². The van der Waals surface area contributed by atoms with Crippen molar-refractivity contribution in [3.05, 3.63) is 60.4 Å². The molecule has 0 saturated carbocycles. The molecule has 6 heteroatoms. The summed E-state index contributed by atoms with van der Waals surface area (Å²) in [5.41, 5.74) is 1.93. The first kappa shape index (κ1) is 16.0. The molecule has 3 aromatic rings. The Morgan fingerprint density at radius 1 is 1.08 bits per heavy atom. The zero-order chi connectivity index (χ0) is 16.9. The number of hydrogen-bond donors (Lipinski definition) is 2. The summed E-state index contributed by atoms with van der Waals surface area (Å²) < 4.78 is 10.7. The fourth-order valence-electron chi connectivity index (χ4n) is 2.31. The molecule has 122 valence electrons. The highest BCUT2D eigenvalue weighted by Crippen LogP contribution is 2.31. The molecule has 24 heavy (non-hydrogen) atoms. The first-order valence-electron chi connectivity index (χ1n) is 7.50. The Morgan fingerprint density at radius 3 is 2.54 bits per heavy atom. The molecule has 0 bridgehead atoms. The lowest BCUT2D eigenvalue weighted by Gasteiger charge is -2.10. The topological polar surface area (TPSA) is 63.5 Å². The van der Waals surface area contributed by atoms with Crippen molar-refractivity contribution in [2.45, 2.75) is 6.92 Å². The van der Waals surface area contributed by atoms with E-state index in [1.54, 1.807) is 13.0 Å². The lowest BCUT2D eigenvalue weighted by molar-refractivity contribution is 0.0494. The molecule has 5 nitrogen and oxygen atoms in total. The van der Waals surface area contributed by atoms with Gasteiger partial charge in [-0.15, -0.1) is 0 Å². The Labute approximate surface area is 144 Å². The maximum absolute atomic E-state index is 12.2. The van der Waals surface area contributed by atoms with Gasteiger partial charge in [0.1, 0.15) is 11.3 Å². The summed E-state index contributed by atoms with van der Waals surface area (Å²) in [5.74, 6) is -0.422. The number of carbonyl (C=O) groups is 1. The largest absolute Gasteiger partial charge is 0.460 e. The van der Waals surface area contributed by atoms with E-state index in [4.69, 9.17) is 21.4 Å². The van der Waals surface area contributed by atoms with E-state index < -0.39 is 5.97 Å². The summed E-state index contributed by atoms with van der Waals surface area (Å²) in [6, 6.07) is 16.9. The lowest BCUT2D eigenvalue weighted by Crippen LogP contribution is -2.20. The van der Waals surface area contributed by atoms with Crippen LogP contribution in [0.2, 0.25) is 0 Å². The number of carbonyl (C=O) groups excluding carboxylic acids is 1. The summed E-state index contributed by atoms with van der Waals surface area (Å²) in [4.78, 5) is 12.2. The molecular weight excluding hydrogens is 324 g/mol. The van der Waals surface area contributed by atoms with E-state index in [2.05, 4.69) is 10.6 Å².